The van der Waals surface area contributed by atoms with Gasteiger partial charge in [0.05, 0.1) is 21.7 Å². The monoisotopic (exact) mass is 367 g/mol. The van der Waals surface area contributed by atoms with Crippen molar-refractivity contribution in [1.29, 1.82) is 0 Å². The highest BCUT2D eigenvalue weighted by molar-refractivity contribution is 6.06. The van der Waals surface area contributed by atoms with E-state index in [4.69, 9.17) is 9.26 Å². The fourth-order valence-corrected chi connectivity index (χ4v) is 2.53. The molecule has 0 saturated carbocycles. The minimum atomic E-state index is -0.518. The van der Waals surface area contributed by atoms with Crippen LogP contribution in [0, 0.1) is 24.0 Å². The largest absolute Gasteiger partial charge is 0.488 e. The first-order chi connectivity index (χ1) is 13.0. The van der Waals surface area contributed by atoms with Crippen LogP contribution in [0.1, 0.15) is 27.4 Å². The molecule has 8 nitrogen and oxygen atoms in total. The number of nitro groups is 1. The van der Waals surface area contributed by atoms with Gasteiger partial charge in [-0.15, -0.1) is 0 Å². The number of hydrogen-bond acceptors (Lipinski definition) is 6. The van der Waals surface area contributed by atoms with E-state index in [1.807, 2.05) is 6.92 Å². The van der Waals surface area contributed by atoms with Crippen molar-refractivity contribution in [3.05, 3.63) is 81.2 Å². The first-order valence-corrected chi connectivity index (χ1v) is 8.15. The van der Waals surface area contributed by atoms with E-state index in [0.717, 1.165) is 11.3 Å². The van der Waals surface area contributed by atoms with Crippen LogP contribution in [0.4, 0.5) is 11.4 Å². The molecular weight excluding hydrogens is 350 g/mol. The van der Waals surface area contributed by atoms with Gasteiger partial charge in [0.15, 0.2) is 0 Å². The third kappa shape index (κ3) is 4.12. The van der Waals surface area contributed by atoms with E-state index in [-0.39, 0.29) is 12.3 Å². The van der Waals surface area contributed by atoms with E-state index in [0.29, 0.717) is 22.8 Å². The lowest BCUT2D eigenvalue weighted by atomic mass is 10.1. The Bertz CT molecular complexity index is 977. The van der Waals surface area contributed by atoms with Gasteiger partial charge in [-0.2, -0.15) is 0 Å². The third-order valence-corrected chi connectivity index (χ3v) is 4.00. The molecule has 0 aliphatic rings. The van der Waals surface area contributed by atoms with Gasteiger partial charge in [0.2, 0.25) is 0 Å². The van der Waals surface area contributed by atoms with Gasteiger partial charge in [0.1, 0.15) is 18.1 Å². The number of aryl methyl sites for hydroxylation is 2. The average Bonchev–Trinajstić information content (AvgIpc) is 2.98. The molecule has 0 aliphatic carbocycles. The first-order valence-electron chi connectivity index (χ1n) is 8.15. The maximum Gasteiger partial charge on any atom is 0.271 e. The van der Waals surface area contributed by atoms with Crippen LogP contribution in [-0.4, -0.2) is 16.0 Å². The number of anilines is 1. The Hall–Kier alpha value is -3.68. The number of nitrogens with zero attached hydrogens (tertiary/aromatic N) is 2. The van der Waals surface area contributed by atoms with Crippen molar-refractivity contribution in [3.63, 3.8) is 0 Å². The number of non-ortho nitro benzene ring substituents is 1. The molecule has 0 aliphatic heterocycles. The predicted octanol–water partition coefficient (Wildman–Crippen LogP) is 4.03. The second kappa shape index (κ2) is 7.69. The Balaban J connectivity index is 1.78. The number of carbonyl (C=O) groups excluding carboxylic acids is 1. The van der Waals surface area contributed by atoms with E-state index < -0.39 is 10.8 Å². The van der Waals surface area contributed by atoms with Crippen LogP contribution in [0.2, 0.25) is 0 Å². The van der Waals surface area contributed by atoms with Gasteiger partial charge in [-0.25, -0.2) is 0 Å². The van der Waals surface area contributed by atoms with Crippen LogP contribution in [0.3, 0.4) is 0 Å². The summed E-state index contributed by atoms with van der Waals surface area (Å²) in [4.78, 5) is 23.0. The van der Waals surface area contributed by atoms with Crippen molar-refractivity contribution in [3.8, 4) is 5.75 Å². The normalized spacial score (nSPS) is 10.4. The van der Waals surface area contributed by atoms with Crippen LogP contribution < -0.4 is 10.1 Å². The van der Waals surface area contributed by atoms with Crippen molar-refractivity contribution in [2.24, 2.45) is 0 Å². The molecule has 0 atom stereocenters. The Morgan fingerprint density at radius 2 is 2.00 bits per heavy atom. The zero-order valence-corrected chi connectivity index (χ0v) is 14.8. The van der Waals surface area contributed by atoms with Crippen LogP contribution in [0.15, 0.2) is 53.1 Å². The lowest BCUT2D eigenvalue weighted by Crippen LogP contribution is -2.14. The minimum Gasteiger partial charge on any atom is -0.488 e. The number of amides is 1. The molecule has 1 heterocycles. The highest BCUT2D eigenvalue weighted by atomic mass is 16.6. The molecule has 27 heavy (non-hydrogen) atoms. The van der Waals surface area contributed by atoms with Crippen molar-refractivity contribution in [1.82, 2.24) is 5.16 Å². The molecule has 0 unspecified atom stereocenters. The number of nitrogens with one attached hydrogen (secondary N) is 1. The lowest BCUT2D eigenvalue weighted by molar-refractivity contribution is -0.384. The molecule has 0 saturated heterocycles. The van der Waals surface area contributed by atoms with Crippen LogP contribution >= 0.6 is 0 Å². The summed E-state index contributed by atoms with van der Waals surface area (Å²) in [6.45, 7) is 3.82. The van der Waals surface area contributed by atoms with Crippen molar-refractivity contribution in [2.45, 2.75) is 20.5 Å². The Kier molecular flexibility index (Phi) is 5.16. The number of ether oxygens (including phenoxy) is 1. The van der Waals surface area contributed by atoms with Gasteiger partial charge in [-0.1, -0.05) is 23.4 Å². The highest BCUT2D eigenvalue weighted by Gasteiger charge is 2.16. The molecular formula is C19H17N3O5. The maximum absolute atomic E-state index is 12.6. The summed E-state index contributed by atoms with van der Waals surface area (Å²) in [5.74, 6) is 0.622. The molecule has 0 radical (unpaired) electrons. The SMILES string of the molecule is Cc1noc(C)c1COc1ccccc1C(=O)Nc1cccc([N+](=O)[O-])c1. The molecule has 138 valence electrons. The summed E-state index contributed by atoms with van der Waals surface area (Å²) in [6, 6.07) is 12.5. The number of nitro benzene ring substituents is 1. The van der Waals surface area contributed by atoms with E-state index >= 15 is 0 Å². The predicted molar refractivity (Wildman–Crippen MR) is 97.8 cm³/mol. The molecule has 1 N–H and O–H groups in total. The zero-order chi connectivity index (χ0) is 19.4. The summed E-state index contributed by atoms with van der Waals surface area (Å²) in [5.41, 5.74) is 2.09. The third-order valence-electron chi connectivity index (χ3n) is 4.00. The molecule has 8 heteroatoms. The van der Waals surface area contributed by atoms with Crippen LogP contribution in [0.25, 0.3) is 0 Å². The molecule has 1 amide bonds. The molecule has 0 fully saturated rings. The number of carbonyl (C=O) groups is 1. The van der Waals surface area contributed by atoms with Crippen molar-refractivity contribution in [2.75, 3.05) is 5.32 Å². The molecule has 3 aromatic rings. The van der Waals surface area contributed by atoms with Gasteiger partial charge >= 0.3 is 0 Å². The number of hydrogen-bond donors (Lipinski definition) is 1. The number of rotatable bonds is 6. The molecule has 3 rings (SSSR count). The average molecular weight is 367 g/mol. The van der Waals surface area contributed by atoms with Gasteiger partial charge in [-0.3, -0.25) is 14.9 Å². The lowest BCUT2D eigenvalue weighted by Gasteiger charge is -2.11. The van der Waals surface area contributed by atoms with Gasteiger partial charge in [0.25, 0.3) is 11.6 Å². The Morgan fingerprint density at radius 3 is 2.70 bits per heavy atom. The topological polar surface area (TPSA) is 108 Å². The molecule has 2 aromatic carbocycles. The van der Waals surface area contributed by atoms with E-state index in [1.54, 1.807) is 37.3 Å². The zero-order valence-electron chi connectivity index (χ0n) is 14.8. The number of aromatic nitrogens is 1. The standard InChI is InChI=1S/C19H17N3O5/c1-12-17(13(2)27-21-12)11-26-18-9-4-3-8-16(18)19(23)20-14-6-5-7-15(10-14)22(24)25/h3-10H,11H2,1-2H3,(H,20,23). The summed E-state index contributed by atoms with van der Waals surface area (Å²) in [7, 11) is 0. The molecule has 0 bridgehead atoms. The quantitative estimate of drug-likeness (QED) is 0.520. The van der Waals surface area contributed by atoms with Crippen molar-refractivity contribution >= 4 is 17.3 Å². The Labute approximate surface area is 154 Å². The number of benzene rings is 2. The summed E-state index contributed by atoms with van der Waals surface area (Å²) >= 11 is 0. The first kappa shape index (κ1) is 18.1. The van der Waals surface area contributed by atoms with Gasteiger partial charge in [-0.05, 0) is 32.0 Å². The van der Waals surface area contributed by atoms with E-state index in [9.17, 15) is 14.9 Å². The van der Waals surface area contributed by atoms with Crippen molar-refractivity contribution < 1.29 is 19.0 Å². The van der Waals surface area contributed by atoms with E-state index in [1.165, 1.54) is 18.2 Å². The second-order valence-corrected chi connectivity index (χ2v) is 5.85. The summed E-state index contributed by atoms with van der Waals surface area (Å²) < 4.78 is 10.9. The highest BCUT2D eigenvalue weighted by Crippen LogP contribution is 2.23. The van der Waals surface area contributed by atoms with Gasteiger partial charge < -0.3 is 14.6 Å². The second-order valence-electron chi connectivity index (χ2n) is 5.85. The van der Waals surface area contributed by atoms with Gasteiger partial charge in [0, 0.05) is 17.8 Å². The number of para-hydroxylation sites is 1. The van der Waals surface area contributed by atoms with Crippen LogP contribution in [0.5, 0.6) is 5.75 Å². The fraction of sp³-hybridized carbons (Fsp3) is 0.158. The fourth-order valence-electron chi connectivity index (χ4n) is 2.53. The smallest absolute Gasteiger partial charge is 0.271 e. The van der Waals surface area contributed by atoms with E-state index in [2.05, 4.69) is 10.5 Å². The Morgan fingerprint density at radius 1 is 1.22 bits per heavy atom. The summed E-state index contributed by atoms with van der Waals surface area (Å²) in [6.07, 6.45) is 0. The summed E-state index contributed by atoms with van der Waals surface area (Å²) in [5, 5.41) is 17.4. The van der Waals surface area contributed by atoms with Crippen LogP contribution in [-0.2, 0) is 6.61 Å². The minimum absolute atomic E-state index is 0.101. The molecule has 0 spiro atoms. The molecule has 1 aromatic heterocycles. The maximum atomic E-state index is 12.6.